The van der Waals surface area contributed by atoms with Gasteiger partial charge in [0.05, 0.1) is 35.6 Å². The molecule has 0 spiro atoms. The molecule has 0 aliphatic carbocycles. The third-order valence-corrected chi connectivity index (χ3v) is 5.97. The van der Waals surface area contributed by atoms with Crippen molar-refractivity contribution < 1.29 is 13.9 Å². The molecule has 4 aromatic rings. The minimum Gasteiger partial charge on any atom is -0.454 e. The predicted octanol–water partition coefficient (Wildman–Crippen LogP) is 2.93. The zero-order chi connectivity index (χ0) is 29.8. The number of allylic oxidation sites excluding steroid dienone is 3. The number of pyridine rings is 1. The Kier molecular flexibility index (Phi) is 7.68. The first-order valence-corrected chi connectivity index (χ1v) is 12.6. The molecule has 0 atom stereocenters. The van der Waals surface area contributed by atoms with Crippen molar-refractivity contribution in [3.63, 3.8) is 0 Å². The summed E-state index contributed by atoms with van der Waals surface area (Å²) < 4.78 is 21.2. The first-order valence-electron chi connectivity index (χ1n) is 12.6. The summed E-state index contributed by atoms with van der Waals surface area (Å²) in [6, 6.07) is 7.27. The summed E-state index contributed by atoms with van der Waals surface area (Å²) in [5.41, 5.74) is -0.241. The number of nitrogens with zero attached hydrogens (tertiary/aromatic N) is 5. The van der Waals surface area contributed by atoms with Crippen molar-refractivity contribution in [3.05, 3.63) is 123 Å². The van der Waals surface area contributed by atoms with Crippen molar-refractivity contribution >= 4 is 23.5 Å². The maximum Gasteiger partial charge on any atom is 0.352 e. The molecular weight excluding hydrogens is 545 g/mol. The number of hydrogen-bond donors (Lipinski definition) is 4. The van der Waals surface area contributed by atoms with Crippen LogP contribution in [0.3, 0.4) is 0 Å². The number of anilines is 1. The lowest BCUT2D eigenvalue weighted by atomic mass is 10.1. The minimum atomic E-state index is -0.969. The lowest BCUT2D eigenvalue weighted by Crippen LogP contribution is -2.45. The average Bonchev–Trinajstić information content (AvgIpc) is 3.51. The van der Waals surface area contributed by atoms with Crippen molar-refractivity contribution in [2.75, 3.05) is 5.32 Å². The van der Waals surface area contributed by atoms with Crippen LogP contribution >= 0.6 is 0 Å². The number of carbonyl (C=O) groups excluding carboxylic acids is 1. The van der Waals surface area contributed by atoms with Gasteiger partial charge in [0, 0.05) is 24.2 Å². The maximum absolute atomic E-state index is 13.5. The van der Waals surface area contributed by atoms with E-state index in [1.54, 1.807) is 44.7 Å². The number of amides is 1. The molecule has 0 radical (unpaired) electrons. The van der Waals surface area contributed by atoms with Crippen LogP contribution in [0.4, 0.5) is 10.2 Å². The summed E-state index contributed by atoms with van der Waals surface area (Å²) in [6.07, 6.45) is 10.8. The second-order valence-corrected chi connectivity index (χ2v) is 9.18. The Morgan fingerprint density at radius 2 is 1.93 bits per heavy atom. The highest BCUT2D eigenvalue weighted by molar-refractivity contribution is 6.02. The number of ether oxygens (including phenoxy) is 1. The van der Waals surface area contributed by atoms with Gasteiger partial charge in [-0.15, -0.1) is 0 Å². The van der Waals surface area contributed by atoms with Gasteiger partial charge in [0.25, 0.3) is 11.5 Å². The van der Waals surface area contributed by atoms with Crippen LogP contribution in [-0.4, -0.2) is 41.4 Å². The first-order chi connectivity index (χ1) is 20.2. The van der Waals surface area contributed by atoms with Gasteiger partial charge in [-0.2, -0.15) is 5.10 Å². The van der Waals surface area contributed by atoms with Gasteiger partial charge in [-0.05, 0) is 62.4 Å². The molecular formula is C28H24FN9O4. The zero-order valence-corrected chi connectivity index (χ0v) is 22.3. The molecule has 5 rings (SSSR count). The van der Waals surface area contributed by atoms with Crippen LogP contribution in [0.2, 0.25) is 0 Å². The molecule has 1 aromatic carbocycles. The van der Waals surface area contributed by atoms with Crippen LogP contribution in [0.1, 0.15) is 36.1 Å². The number of aromatic nitrogens is 6. The second-order valence-electron chi connectivity index (χ2n) is 9.18. The molecule has 0 fully saturated rings. The van der Waals surface area contributed by atoms with Crippen LogP contribution in [-0.2, 0) is 0 Å². The van der Waals surface area contributed by atoms with E-state index in [4.69, 9.17) is 10.1 Å². The molecule has 1 amide bonds. The molecule has 42 heavy (non-hydrogen) atoms. The summed E-state index contributed by atoms with van der Waals surface area (Å²) in [5.74, 6) is -0.624. The van der Waals surface area contributed by atoms with Gasteiger partial charge < -0.3 is 25.8 Å². The van der Waals surface area contributed by atoms with Gasteiger partial charge in [-0.1, -0.05) is 0 Å². The Labute approximate surface area is 237 Å². The third-order valence-electron chi connectivity index (χ3n) is 5.97. The molecule has 0 unspecified atom stereocenters. The number of nitrogens with one attached hydrogen (secondary N) is 4. The van der Waals surface area contributed by atoms with E-state index in [0.717, 1.165) is 33.2 Å². The Morgan fingerprint density at radius 3 is 2.57 bits per heavy atom. The van der Waals surface area contributed by atoms with E-state index in [2.05, 4.69) is 30.7 Å². The summed E-state index contributed by atoms with van der Waals surface area (Å²) >= 11 is 0. The van der Waals surface area contributed by atoms with Gasteiger partial charge in [0.15, 0.2) is 5.76 Å². The quantitative estimate of drug-likeness (QED) is 0.235. The topological polar surface area (TPSA) is 173 Å². The van der Waals surface area contributed by atoms with Crippen LogP contribution in [0.15, 0.2) is 94.5 Å². The van der Waals surface area contributed by atoms with E-state index in [-0.39, 0.29) is 11.5 Å². The second kappa shape index (κ2) is 11.7. The number of hydrogen-bond acceptors (Lipinski definition) is 9. The van der Waals surface area contributed by atoms with Gasteiger partial charge in [0.1, 0.15) is 17.4 Å². The summed E-state index contributed by atoms with van der Waals surface area (Å²) in [5, 5.41) is 17.0. The highest BCUT2D eigenvalue weighted by Crippen LogP contribution is 2.25. The average molecular weight is 570 g/mol. The van der Waals surface area contributed by atoms with E-state index in [1.165, 1.54) is 30.5 Å². The third kappa shape index (κ3) is 5.67. The van der Waals surface area contributed by atoms with Gasteiger partial charge in [0.2, 0.25) is 5.69 Å². The van der Waals surface area contributed by atoms with E-state index in [1.807, 2.05) is 0 Å². The van der Waals surface area contributed by atoms with Crippen LogP contribution in [0, 0.1) is 11.2 Å². The van der Waals surface area contributed by atoms with Gasteiger partial charge in [-0.25, -0.2) is 28.4 Å². The van der Waals surface area contributed by atoms with Crippen molar-refractivity contribution in [1.29, 1.82) is 5.41 Å². The summed E-state index contributed by atoms with van der Waals surface area (Å²) in [4.78, 5) is 50.6. The highest BCUT2D eigenvalue weighted by Gasteiger charge is 2.22. The Hall–Kier alpha value is -5.92. The Morgan fingerprint density at radius 1 is 1.14 bits per heavy atom. The standard InChI is InChI=1S/C28H24FN9O4/c1-16(2)38-28(41)37(19-5-3-18(29)4-6-19)27(40)25(36-38)26(39)35-24-8-7-20(13-33-24)42-23-11-17(22-14-31-15-34-22)12-32-21(23)9-10-30/h3-16,30,32H,1-2H3,(H,31,34)(H,33,35,39)/b21-9-,30-10?. The van der Waals surface area contributed by atoms with E-state index < -0.39 is 34.7 Å². The molecule has 4 N–H and O–H groups in total. The maximum atomic E-state index is 13.5. The summed E-state index contributed by atoms with van der Waals surface area (Å²) in [6.45, 7) is 3.34. The van der Waals surface area contributed by atoms with Gasteiger partial charge in [-0.3, -0.25) is 9.59 Å². The van der Waals surface area contributed by atoms with E-state index >= 15 is 0 Å². The summed E-state index contributed by atoms with van der Waals surface area (Å²) in [7, 11) is 0. The van der Waals surface area contributed by atoms with Crippen LogP contribution in [0.5, 0.6) is 5.75 Å². The normalized spacial score (nSPS) is 13.8. The fourth-order valence-corrected chi connectivity index (χ4v) is 3.95. The minimum absolute atomic E-state index is 0.0881. The largest absolute Gasteiger partial charge is 0.454 e. The molecule has 13 nitrogen and oxygen atoms in total. The van der Waals surface area contributed by atoms with Crippen molar-refractivity contribution in [2.45, 2.75) is 19.9 Å². The number of carbonyl (C=O) groups is 1. The smallest absolute Gasteiger partial charge is 0.352 e. The number of halogens is 1. The monoisotopic (exact) mass is 569 g/mol. The zero-order valence-electron chi connectivity index (χ0n) is 22.3. The molecule has 4 heterocycles. The molecule has 0 saturated heterocycles. The van der Waals surface area contributed by atoms with Crippen molar-refractivity contribution in [1.82, 2.24) is 34.6 Å². The van der Waals surface area contributed by atoms with Crippen LogP contribution < -0.4 is 26.6 Å². The fourth-order valence-electron chi connectivity index (χ4n) is 3.95. The molecule has 1 aliphatic heterocycles. The lowest BCUT2D eigenvalue weighted by Gasteiger charge is -2.18. The van der Waals surface area contributed by atoms with Gasteiger partial charge >= 0.3 is 5.69 Å². The molecule has 0 bridgehead atoms. The number of rotatable bonds is 8. The van der Waals surface area contributed by atoms with Crippen LogP contribution in [0.25, 0.3) is 11.3 Å². The van der Waals surface area contributed by atoms with E-state index in [0.29, 0.717) is 22.9 Å². The SMILES string of the molecule is CC(C)n1nc(C(=O)Nc2ccc(OC3=CC(c4c[nH]cn4)=CN/C3=C\C=N)cn2)c(=O)n(-c2ccc(F)cc2)c1=O. The van der Waals surface area contributed by atoms with Crippen molar-refractivity contribution in [2.24, 2.45) is 0 Å². The predicted molar refractivity (Wildman–Crippen MR) is 152 cm³/mol. The first kappa shape index (κ1) is 27.6. The fraction of sp³-hybridized carbons (Fsp3) is 0.107. The lowest BCUT2D eigenvalue weighted by molar-refractivity contribution is 0.101. The molecule has 1 aliphatic rings. The molecule has 0 saturated carbocycles. The Bertz CT molecular complexity index is 1850. The number of imidazole rings is 1. The van der Waals surface area contributed by atoms with Crippen molar-refractivity contribution in [3.8, 4) is 11.4 Å². The molecule has 3 aromatic heterocycles. The number of dihydropyridines is 1. The Balaban J connectivity index is 1.39. The number of H-pyrrole nitrogens is 1. The molecule has 212 valence electrons. The van der Waals surface area contributed by atoms with E-state index in [9.17, 15) is 18.8 Å². The number of aromatic amines is 1. The molecule has 14 heteroatoms. The highest BCUT2D eigenvalue weighted by atomic mass is 19.1. The number of benzene rings is 1.